The molecular formula is C57H102N4O7. The first-order chi connectivity index (χ1) is 31.5. The van der Waals surface area contributed by atoms with Gasteiger partial charge in [-0.15, -0.1) is 0 Å². The highest BCUT2D eigenvalue weighted by Gasteiger charge is 2.59. The molecule has 0 spiro atoms. The van der Waals surface area contributed by atoms with E-state index in [1.807, 2.05) is 74.1 Å². The molecule has 9 atom stereocenters. The van der Waals surface area contributed by atoms with E-state index < -0.39 is 34.5 Å². The summed E-state index contributed by atoms with van der Waals surface area (Å²) in [6.07, 6.45) is 17.9. The lowest BCUT2D eigenvalue weighted by atomic mass is 9.47. The van der Waals surface area contributed by atoms with Crippen LogP contribution in [0.4, 0.5) is 9.59 Å². The Kier molecular flexibility index (Phi) is 20.4. The lowest BCUT2D eigenvalue weighted by Gasteiger charge is -2.58. The van der Waals surface area contributed by atoms with Crippen molar-refractivity contribution in [3.05, 3.63) is 11.6 Å². The molecule has 0 heterocycles. The number of nitrogens with one attached hydrogen (secondary N) is 3. The Labute approximate surface area is 415 Å². The molecule has 4 aliphatic rings. The topological polar surface area (TPSA) is 135 Å². The molecular weight excluding hydrogens is 853 g/mol. The van der Waals surface area contributed by atoms with Crippen molar-refractivity contribution in [3.63, 3.8) is 0 Å². The van der Waals surface area contributed by atoms with Gasteiger partial charge in [0.2, 0.25) is 5.91 Å². The lowest BCUT2D eigenvalue weighted by molar-refractivity contribution is -0.153. The molecule has 4 aliphatic carbocycles. The molecule has 0 aromatic rings. The highest BCUT2D eigenvalue weighted by Crippen LogP contribution is 2.67. The second-order valence-corrected chi connectivity index (χ2v) is 26.2. The summed E-state index contributed by atoms with van der Waals surface area (Å²) in [5, 5.41) is 9.41. The number of rotatable bonds is 23. The number of hydrogen-bond acceptors (Lipinski definition) is 8. The van der Waals surface area contributed by atoms with Gasteiger partial charge in [-0.2, -0.15) is 0 Å². The number of nitrogens with zero attached hydrogens (tertiary/aromatic N) is 1. The van der Waals surface area contributed by atoms with Crippen LogP contribution in [-0.2, 0) is 23.8 Å². The van der Waals surface area contributed by atoms with E-state index in [4.69, 9.17) is 14.2 Å². The van der Waals surface area contributed by atoms with Gasteiger partial charge in [0.05, 0.1) is 6.42 Å². The first-order valence-corrected chi connectivity index (χ1v) is 27.4. The van der Waals surface area contributed by atoms with Crippen molar-refractivity contribution < 1.29 is 33.4 Å². The maximum Gasteiger partial charge on any atom is 0.408 e. The highest BCUT2D eigenvalue weighted by molar-refractivity contribution is 5.81. The largest absolute Gasteiger partial charge is 0.462 e. The Hall–Kier alpha value is -2.82. The van der Waals surface area contributed by atoms with Gasteiger partial charge in [-0.05, 0) is 212 Å². The standard InChI is InChI=1S/C57H102N4O7/c1-17-41(39(2)3)21-20-40(4)45-24-25-46-44-23-22-42-38-43(28-30-56(42,15)47(44)29-31-57(45,46)16)66-49(63)27-26-48(62)61(37-33-55(13,14)60-51(65)68-53(8,9)10)36-19-18-34-58-35-32-54(11,12)59-50(64)67-52(5,6)7/h22,39-41,43-47,58H,17-21,23-38H2,1-16H3,(H,59,64)(H,60,65)/t40?,41?,43-,44-,45+,46-,47-,56-,57+/m0/s1. The van der Waals surface area contributed by atoms with Crippen LogP contribution in [0.15, 0.2) is 11.6 Å². The number of esters is 1. The van der Waals surface area contributed by atoms with Crippen molar-refractivity contribution in [2.45, 2.75) is 248 Å². The third kappa shape index (κ3) is 16.9. The van der Waals surface area contributed by atoms with Gasteiger partial charge in [-0.1, -0.05) is 66.0 Å². The minimum Gasteiger partial charge on any atom is -0.462 e. The van der Waals surface area contributed by atoms with Crippen LogP contribution < -0.4 is 16.0 Å². The van der Waals surface area contributed by atoms with Crippen molar-refractivity contribution in [1.82, 2.24) is 20.9 Å². The quantitative estimate of drug-likeness (QED) is 0.0399. The molecule has 68 heavy (non-hydrogen) atoms. The average molecular weight is 955 g/mol. The van der Waals surface area contributed by atoms with Crippen molar-refractivity contribution in [1.29, 1.82) is 0 Å². The van der Waals surface area contributed by atoms with Gasteiger partial charge in [0.25, 0.3) is 0 Å². The minimum absolute atomic E-state index is 0.0531. The molecule has 0 aromatic carbocycles. The molecule has 11 heteroatoms. The summed E-state index contributed by atoms with van der Waals surface area (Å²) in [6, 6.07) is 0. The summed E-state index contributed by atoms with van der Waals surface area (Å²) in [4.78, 5) is 54.2. The second-order valence-electron chi connectivity index (χ2n) is 26.2. The molecule has 11 nitrogen and oxygen atoms in total. The van der Waals surface area contributed by atoms with Gasteiger partial charge in [0.15, 0.2) is 0 Å². The van der Waals surface area contributed by atoms with Crippen molar-refractivity contribution >= 4 is 24.1 Å². The maximum atomic E-state index is 13.9. The summed E-state index contributed by atoms with van der Waals surface area (Å²) in [6.45, 7) is 36.3. The molecule has 392 valence electrons. The molecule has 0 bridgehead atoms. The molecule has 0 saturated heterocycles. The Morgan fingerprint density at radius 2 is 1.38 bits per heavy atom. The number of hydrogen-bond donors (Lipinski definition) is 3. The number of ether oxygens (including phenoxy) is 3. The van der Waals surface area contributed by atoms with Crippen molar-refractivity contribution in [2.75, 3.05) is 26.2 Å². The van der Waals surface area contributed by atoms with E-state index >= 15 is 0 Å². The fraction of sp³-hybridized carbons (Fsp3) is 0.895. The first kappa shape index (κ1) is 57.8. The average Bonchev–Trinajstić information content (AvgIpc) is 3.56. The first-order valence-electron chi connectivity index (χ1n) is 27.4. The van der Waals surface area contributed by atoms with E-state index in [1.165, 1.54) is 56.9 Å². The van der Waals surface area contributed by atoms with Gasteiger partial charge in [-0.25, -0.2) is 9.59 Å². The fourth-order valence-electron chi connectivity index (χ4n) is 13.1. The maximum absolute atomic E-state index is 13.9. The van der Waals surface area contributed by atoms with Gasteiger partial charge < -0.3 is 35.1 Å². The summed E-state index contributed by atoms with van der Waals surface area (Å²) in [5.74, 6) is 5.16. The molecule has 0 aliphatic heterocycles. The van der Waals surface area contributed by atoms with E-state index in [0.29, 0.717) is 30.8 Å². The van der Waals surface area contributed by atoms with Gasteiger partial charge in [0, 0.05) is 37.0 Å². The molecule has 0 radical (unpaired) electrons. The van der Waals surface area contributed by atoms with E-state index in [0.717, 1.165) is 87.1 Å². The SMILES string of the molecule is CCC(CCC(C)[C@H]1CC[C@H]2[C@@H]3CC=C4C[C@@H](OC(=O)CCC(=O)N(CCCCNCCC(C)(C)NC(=O)OC(C)(C)C)CCC(C)(C)NC(=O)OC(C)(C)C)CC[C@]4(C)[C@H]3CC[C@]12C)C(C)C. The van der Waals surface area contributed by atoms with Crippen molar-refractivity contribution in [2.24, 2.45) is 52.3 Å². The van der Waals surface area contributed by atoms with Crippen LogP contribution in [-0.4, -0.2) is 83.5 Å². The number of allylic oxidation sites excluding steroid dienone is 1. The van der Waals surface area contributed by atoms with Crippen LogP contribution in [0.3, 0.4) is 0 Å². The van der Waals surface area contributed by atoms with E-state index in [1.54, 1.807) is 0 Å². The van der Waals surface area contributed by atoms with Crippen LogP contribution in [0.5, 0.6) is 0 Å². The number of carbonyl (C=O) groups excluding carboxylic acids is 4. The Balaban J connectivity index is 1.28. The molecule has 0 aromatic heterocycles. The number of unbranched alkanes of at least 4 members (excludes halogenated alkanes) is 1. The smallest absolute Gasteiger partial charge is 0.408 e. The number of alkyl carbamates (subject to hydrolysis) is 2. The van der Waals surface area contributed by atoms with Crippen molar-refractivity contribution in [3.8, 4) is 0 Å². The normalized spacial score (nSPS) is 27.2. The summed E-state index contributed by atoms with van der Waals surface area (Å²) < 4.78 is 17.1. The molecule has 3 amide bonds. The van der Waals surface area contributed by atoms with Crippen LogP contribution in [0.2, 0.25) is 0 Å². The van der Waals surface area contributed by atoms with E-state index in [-0.39, 0.29) is 36.2 Å². The third-order valence-corrected chi connectivity index (χ3v) is 17.1. The summed E-state index contributed by atoms with van der Waals surface area (Å²) >= 11 is 0. The summed E-state index contributed by atoms with van der Waals surface area (Å²) in [5.41, 5.74) is -0.0923. The molecule has 3 N–H and O–H groups in total. The Morgan fingerprint density at radius 3 is 1.99 bits per heavy atom. The highest BCUT2D eigenvalue weighted by atomic mass is 16.6. The number of amides is 3. The molecule has 3 saturated carbocycles. The zero-order valence-electron chi connectivity index (χ0n) is 46.4. The van der Waals surface area contributed by atoms with E-state index in [2.05, 4.69) is 63.6 Å². The van der Waals surface area contributed by atoms with Gasteiger partial charge >= 0.3 is 18.2 Å². The zero-order valence-corrected chi connectivity index (χ0v) is 46.4. The van der Waals surface area contributed by atoms with Crippen LogP contribution >= 0.6 is 0 Å². The second kappa shape index (κ2) is 24.1. The zero-order chi connectivity index (χ0) is 50.9. The molecule has 2 unspecified atom stereocenters. The van der Waals surface area contributed by atoms with E-state index in [9.17, 15) is 19.2 Å². The third-order valence-electron chi connectivity index (χ3n) is 17.1. The Morgan fingerprint density at radius 1 is 0.750 bits per heavy atom. The predicted octanol–water partition coefficient (Wildman–Crippen LogP) is 12.9. The van der Waals surface area contributed by atoms with Gasteiger partial charge in [0.1, 0.15) is 17.3 Å². The monoisotopic (exact) mass is 955 g/mol. The van der Waals surface area contributed by atoms with Crippen LogP contribution in [0.1, 0.15) is 220 Å². The number of fused-ring (bicyclic) bond motifs is 5. The summed E-state index contributed by atoms with van der Waals surface area (Å²) in [7, 11) is 0. The minimum atomic E-state index is -0.620. The number of carbonyl (C=O) groups is 4. The lowest BCUT2D eigenvalue weighted by Crippen LogP contribution is -2.51. The Bertz CT molecular complexity index is 1690. The van der Waals surface area contributed by atoms with Gasteiger partial charge in [-0.3, -0.25) is 9.59 Å². The predicted molar refractivity (Wildman–Crippen MR) is 276 cm³/mol. The van der Waals surface area contributed by atoms with Crippen LogP contribution in [0.25, 0.3) is 0 Å². The fourth-order valence-corrected chi connectivity index (χ4v) is 13.1. The van der Waals surface area contributed by atoms with Crippen LogP contribution in [0, 0.1) is 52.3 Å². The molecule has 3 fully saturated rings. The molecule has 4 rings (SSSR count).